The van der Waals surface area contributed by atoms with Gasteiger partial charge in [0.05, 0.1) is 5.69 Å². The van der Waals surface area contributed by atoms with Crippen LogP contribution in [0.3, 0.4) is 0 Å². The molecule has 3 rings (SSSR count). The fourth-order valence-electron chi connectivity index (χ4n) is 1.90. The molecule has 1 aromatic heterocycles. The lowest BCUT2D eigenvalue weighted by Crippen LogP contribution is -2.14. The topological polar surface area (TPSA) is 17.3 Å². The van der Waals surface area contributed by atoms with Crippen molar-refractivity contribution in [2.24, 2.45) is 4.99 Å². The van der Waals surface area contributed by atoms with Crippen molar-refractivity contribution in [2.75, 3.05) is 0 Å². The molecule has 3 heteroatoms. The van der Waals surface area contributed by atoms with E-state index in [1.165, 1.54) is 5.56 Å². The van der Waals surface area contributed by atoms with E-state index in [2.05, 4.69) is 45.4 Å². The second-order valence-electron chi connectivity index (χ2n) is 4.25. The Morgan fingerprint density at radius 3 is 2.32 bits per heavy atom. The van der Waals surface area contributed by atoms with Gasteiger partial charge in [0.25, 0.3) is 0 Å². The number of rotatable bonds is 3. The Hall–Kier alpha value is -2.13. The zero-order valence-corrected chi connectivity index (χ0v) is 11.3. The first-order valence-corrected chi connectivity index (χ1v) is 7.07. The molecule has 0 aliphatic heterocycles. The molecule has 1 heterocycles. The van der Waals surface area contributed by atoms with E-state index in [-0.39, 0.29) is 0 Å². The molecule has 0 saturated heterocycles. The highest BCUT2D eigenvalue weighted by Crippen LogP contribution is 2.09. The zero-order valence-electron chi connectivity index (χ0n) is 10.4. The Kier molecular flexibility index (Phi) is 3.56. The zero-order chi connectivity index (χ0) is 12.9. The van der Waals surface area contributed by atoms with Gasteiger partial charge in [-0.15, -0.1) is 11.3 Å². The van der Waals surface area contributed by atoms with E-state index in [4.69, 9.17) is 0 Å². The number of para-hydroxylation sites is 1. The summed E-state index contributed by atoms with van der Waals surface area (Å²) >= 11 is 1.66. The molecule has 0 atom stereocenters. The lowest BCUT2D eigenvalue weighted by molar-refractivity contribution is 0.770. The first-order chi connectivity index (χ1) is 9.42. The van der Waals surface area contributed by atoms with Crippen LogP contribution in [0.15, 0.2) is 77.2 Å². The summed E-state index contributed by atoms with van der Waals surface area (Å²) < 4.78 is 2.17. The monoisotopic (exact) mass is 266 g/mol. The Balaban J connectivity index is 1.93. The number of hydrogen-bond donors (Lipinski definition) is 0. The Labute approximate surface area is 116 Å². The molecular weight excluding hydrogens is 252 g/mol. The molecule has 0 aliphatic carbocycles. The third kappa shape index (κ3) is 3.01. The van der Waals surface area contributed by atoms with Gasteiger partial charge in [0.15, 0.2) is 4.80 Å². The van der Waals surface area contributed by atoms with E-state index >= 15 is 0 Å². The van der Waals surface area contributed by atoms with Crippen molar-refractivity contribution in [3.8, 4) is 0 Å². The molecule has 2 nitrogen and oxygen atoms in total. The first kappa shape index (κ1) is 11.9. The van der Waals surface area contributed by atoms with E-state index in [9.17, 15) is 0 Å². The largest absolute Gasteiger partial charge is 0.319 e. The molecule has 94 valence electrons. The van der Waals surface area contributed by atoms with Crippen LogP contribution < -0.4 is 4.80 Å². The molecule has 0 N–H and O–H groups in total. The van der Waals surface area contributed by atoms with Crippen LogP contribution in [-0.4, -0.2) is 4.57 Å². The van der Waals surface area contributed by atoms with Gasteiger partial charge < -0.3 is 4.57 Å². The van der Waals surface area contributed by atoms with Gasteiger partial charge in [-0.05, 0) is 17.7 Å². The summed E-state index contributed by atoms with van der Waals surface area (Å²) in [5, 5.41) is 2.07. The van der Waals surface area contributed by atoms with Gasteiger partial charge in [-0.3, -0.25) is 0 Å². The first-order valence-electron chi connectivity index (χ1n) is 6.19. The normalized spacial score (nSPS) is 11.7. The maximum atomic E-state index is 4.68. The smallest absolute Gasteiger partial charge is 0.190 e. The molecule has 0 bridgehead atoms. The van der Waals surface area contributed by atoms with Crippen molar-refractivity contribution >= 4 is 17.0 Å². The molecular formula is C16H14N2S. The highest BCUT2D eigenvalue weighted by Gasteiger charge is 1.97. The summed E-state index contributed by atoms with van der Waals surface area (Å²) in [4.78, 5) is 5.70. The van der Waals surface area contributed by atoms with Crippen LogP contribution in [0.2, 0.25) is 0 Å². The molecule has 0 saturated carbocycles. The number of hydrogen-bond acceptors (Lipinski definition) is 2. The molecule has 2 aromatic carbocycles. The minimum Gasteiger partial charge on any atom is -0.319 e. The maximum Gasteiger partial charge on any atom is 0.190 e. The van der Waals surface area contributed by atoms with Crippen LogP contribution in [0.4, 0.5) is 5.69 Å². The average Bonchev–Trinajstić information content (AvgIpc) is 2.88. The summed E-state index contributed by atoms with van der Waals surface area (Å²) in [6.45, 7) is 0.857. The average molecular weight is 266 g/mol. The van der Waals surface area contributed by atoms with Gasteiger partial charge in [-0.1, -0.05) is 48.5 Å². The van der Waals surface area contributed by atoms with Crippen molar-refractivity contribution in [2.45, 2.75) is 6.54 Å². The van der Waals surface area contributed by atoms with Gasteiger partial charge in [-0.25, -0.2) is 4.99 Å². The van der Waals surface area contributed by atoms with Crippen molar-refractivity contribution in [1.82, 2.24) is 4.57 Å². The summed E-state index contributed by atoms with van der Waals surface area (Å²) in [5.74, 6) is 0. The summed E-state index contributed by atoms with van der Waals surface area (Å²) in [6.07, 6.45) is 2.08. The van der Waals surface area contributed by atoms with E-state index in [1.807, 2.05) is 36.4 Å². The van der Waals surface area contributed by atoms with Gasteiger partial charge in [0.1, 0.15) is 0 Å². The number of benzene rings is 2. The van der Waals surface area contributed by atoms with Crippen LogP contribution in [0.1, 0.15) is 5.56 Å². The van der Waals surface area contributed by atoms with E-state index in [1.54, 1.807) is 11.3 Å². The molecule has 0 aliphatic rings. The van der Waals surface area contributed by atoms with Crippen LogP contribution in [0.25, 0.3) is 0 Å². The van der Waals surface area contributed by atoms with Gasteiger partial charge in [-0.2, -0.15) is 0 Å². The van der Waals surface area contributed by atoms with Crippen molar-refractivity contribution in [3.05, 3.63) is 82.6 Å². The fourth-order valence-corrected chi connectivity index (χ4v) is 2.65. The second kappa shape index (κ2) is 5.67. The van der Waals surface area contributed by atoms with Crippen LogP contribution in [0.5, 0.6) is 0 Å². The minimum absolute atomic E-state index is 0.857. The summed E-state index contributed by atoms with van der Waals surface area (Å²) in [7, 11) is 0. The van der Waals surface area contributed by atoms with Gasteiger partial charge >= 0.3 is 0 Å². The molecule has 0 amide bonds. The molecule has 3 aromatic rings. The Bertz CT molecular complexity index is 696. The predicted molar refractivity (Wildman–Crippen MR) is 79.5 cm³/mol. The number of aromatic nitrogens is 1. The SMILES string of the molecule is c1ccc(Cn2ccs/c2=N/c2ccccc2)cc1. The molecule has 0 unspecified atom stereocenters. The predicted octanol–water partition coefficient (Wildman–Crippen LogP) is 3.83. The minimum atomic E-state index is 0.857. The fraction of sp³-hybridized carbons (Fsp3) is 0.0625. The quantitative estimate of drug-likeness (QED) is 0.685. The van der Waals surface area contributed by atoms with E-state index in [0.29, 0.717) is 0 Å². The second-order valence-corrected chi connectivity index (χ2v) is 5.12. The van der Waals surface area contributed by atoms with Crippen molar-refractivity contribution < 1.29 is 0 Å². The molecule has 0 spiro atoms. The van der Waals surface area contributed by atoms with Crippen LogP contribution in [-0.2, 0) is 6.54 Å². The maximum absolute atomic E-state index is 4.68. The van der Waals surface area contributed by atoms with Crippen LogP contribution >= 0.6 is 11.3 Å². The standard InChI is InChI=1S/C16H14N2S/c1-3-7-14(8-4-1)13-18-11-12-19-16(18)17-15-9-5-2-6-10-15/h1-12H,13H2/b17-16+. The summed E-state index contributed by atoms with van der Waals surface area (Å²) in [6, 6.07) is 20.5. The van der Waals surface area contributed by atoms with Crippen LogP contribution in [0, 0.1) is 0 Å². The van der Waals surface area contributed by atoms with Gasteiger partial charge in [0.2, 0.25) is 0 Å². The number of nitrogens with zero attached hydrogens (tertiary/aromatic N) is 2. The van der Waals surface area contributed by atoms with Crippen molar-refractivity contribution in [3.63, 3.8) is 0 Å². The lowest BCUT2D eigenvalue weighted by Gasteiger charge is -2.02. The Morgan fingerprint density at radius 1 is 0.895 bits per heavy atom. The molecule has 19 heavy (non-hydrogen) atoms. The number of thiazole rings is 1. The molecule has 0 radical (unpaired) electrons. The van der Waals surface area contributed by atoms with E-state index in [0.717, 1.165) is 17.0 Å². The third-order valence-electron chi connectivity index (χ3n) is 2.84. The summed E-state index contributed by atoms with van der Waals surface area (Å²) in [5.41, 5.74) is 2.28. The van der Waals surface area contributed by atoms with E-state index < -0.39 is 0 Å². The van der Waals surface area contributed by atoms with Crippen molar-refractivity contribution in [1.29, 1.82) is 0 Å². The highest BCUT2D eigenvalue weighted by molar-refractivity contribution is 7.07. The van der Waals surface area contributed by atoms with Gasteiger partial charge in [0, 0.05) is 18.1 Å². The molecule has 0 fully saturated rings. The Morgan fingerprint density at radius 2 is 1.58 bits per heavy atom. The third-order valence-corrected chi connectivity index (χ3v) is 3.63. The highest BCUT2D eigenvalue weighted by atomic mass is 32.1. The lowest BCUT2D eigenvalue weighted by atomic mass is 10.2.